The van der Waals surface area contributed by atoms with Gasteiger partial charge in [-0.1, -0.05) is 24.3 Å². The fraction of sp³-hybridized carbons (Fsp3) is 0.120. The molecule has 2 aromatic heterocycles. The van der Waals surface area contributed by atoms with Crippen molar-refractivity contribution >= 4 is 33.0 Å². The second-order valence-corrected chi connectivity index (χ2v) is 10.6. The molecule has 1 N–H and O–H groups in total. The molecular formula is C25H21N3O4S2. The van der Waals surface area contributed by atoms with E-state index in [1.54, 1.807) is 54.2 Å². The number of anilines is 1. The number of pyridine rings is 1. The first-order chi connectivity index (χ1) is 16.5. The first-order valence-corrected chi connectivity index (χ1v) is 13.0. The number of rotatable bonds is 6. The van der Waals surface area contributed by atoms with Gasteiger partial charge in [0, 0.05) is 31.2 Å². The second kappa shape index (κ2) is 9.38. The summed E-state index contributed by atoms with van der Waals surface area (Å²) in [5.41, 5.74) is 2.69. The lowest BCUT2D eigenvalue weighted by molar-refractivity contribution is 0.102. The lowest BCUT2D eigenvalue weighted by Gasteiger charge is -2.28. The molecule has 1 aliphatic heterocycles. The maximum absolute atomic E-state index is 13.4. The van der Waals surface area contributed by atoms with Gasteiger partial charge in [-0.3, -0.25) is 9.78 Å². The van der Waals surface area contributed by atoms with Gasteiger partial charge in [0.05, 0.1) is 0 Å². The summed E-state index contributed by atoms with van der Waals surface area (Å²) in [7, 11) is -3.81. The van der Waals surface area contributed by atoms with Crippen molar-refractivity contribution in [3.63, 3.8) is 0 Å². The molecule has 34 heavy (non-hydrogen) atoms. The average molecular weight is 492 g/mol. The number of aromatic nitrogens is 1. The van der Waals surface area contributed by atoms with Crippen LogP contribution in [0.15, 0.2) is 89.4 Å². The Bertz CT molecular complexity index is 1420. The zero-order valence-corrected chi connectivity index (χ0v) is 19.7. The molecule has 0 aliphatic carbocycles. The van der Waals surface area contributed by atoms with E-state index >= 15 is 0 Å². The number of fused-ring (bicyclic) bond motifs is 1. The number of hydrogen-bond donors (Lipinski definition) is 1. The maximum Gasteiger partial charge on any atom is 0.267 e. The van der Waals surface area contributed by atoms with Crippen LogP contribution < -0.4 is 10.1 Å². The predicted octanol–water partition coefficient (Wildman–Crippen LogP) is 4.93. The van der Waals surface area contributed by atoms with Gasteiger partial charge in [-0.25, -0.2) is 8.42 Å². The monoisotopic (exact) mass is 491 g/mol. The average Bonchev–Trinajstić information content (AvgIpc) is 3.37. The fourth-order valence-electron chi connectivity index (χ4n) is 3.82. The molecular weight excluding hydrogens is 470 g/mol. The Kier molecular flexibility index (Phi) is 6.14. The third kappa shape index (κ3) is 4.58. The van der Waals surface area contributed by atoms with Crippen molar-refractivity contribution in [3.8, 4) is 11.5 Å². The van der Waals surface area contributed by atoms with Crippen LogP contribution in [0.1, 0.15) is 20.8 Å². The number of amides is 1. The number of sulfonamides is 1. The zero-order chi connectivity index (χ0) is 23.5. The van der Waals surface area contributed by atoms with Gasteiger partial charge >= 0.3 is 0 Å². The minimum atomic E-state index is -3.81. The molecule has 0 spiro atoms. The van der Waals surface area contributed by atoms with Crippen LogP contribution in [0, 0.1) is 0 Å². The van der Waals surface area contributed by atoms with E-state index in [0.29, 0.717) is 36.7 Å². The van der Waals surface area contributed by atoms with Gasteiger partial charge in [-0.2, -0.15) is 4.31 Å². The number of benzene rings is 2. The predicted molar refractivity (Wildman–Crippen MR) is 131 cm³/mol. The van der Waals surface area contributed by atoms with E-state index in [0.717, 1.165) is 22.5 Å². The van der Waals surface area contributed by atoms with Gasteiger partial charge in [0.25, 0.3) is 5.91 Å². The zero-order valence-electron chi connectivity index (χ0n) is 18.0. The lowest BCUT2D eigenvalue weighted by atomic mass is 10.0. The summed E-state index contributed by atoms with van der Waals surface area (Å²) in [6.07, 6.45) is 3.92. The molecule has 0 unspecified atom stereocenters. The lowest BCUT2D eigenvalue weighted by Crippen LogP contribution is -2.36. The molecule has 3 heterocycles. The Hall–Kier alpha value is -3.53. The normalized spacial score (nSPS) is 13.8. The first-order valence-electron chi connectivity index (χ1n) is 10.6. The Morgan fingerprint density at radius 2 is 1.65 bits per heavy atom. The number of nitrogens with one attached hydrogen (secondary N) is 1. The number of carbonyl (C=O) groups excluding carboxylic acids is 1. The number of thiophene rings is 1. The largest absolute Gasteiger partial charge is 0.457 e. The smallest absolute Gasteiger partial charge is 0.267 e. The van der Waals surface area contributed by atoms with Crippen LogP contribution in [0.25, 0.3) is 0 Å². The van der Waals surface area contributed by atoms with Crippen molar-refractivity contribution in [2.75, 3.05) is 11.9 Å². The van der Waals surface area contributed by atoms with E-state index in [1.165, 1.54) is 10.4 Å². The quantitative estimate of drug-likeness (QED) is 0.413. The molecule has 4 aromatic rings. The Morgan fingerprint density at radius 3 is 2.41 bits per heavy atom. The van der Waals surface area contributed by atoms with Gasteiger partial charge in [0.15, 0.2) is 0 Å². The minimum Gasteiger partial charge on any atom is -0.457 e. The Balaban J connectivity index is 1.30. The van der Waals surface area contributed by atoms with Crippen LogP contribution >= 0.6 is 11.3 Å². The third-order valence-corrected chi connectivity index (χ3v) is 8.48. The van der Waals surface area contributed by atoms with Crippen molar-refractivity contribution in [3.05, 3.63) is 101 Å². The molecule has 0 fully saturated rings. The molecule has 0 atom stereocenters. The van der Waals surface area contributed by atoms with E-state index in [1.807, 2.05) is 24.3 Å². The summed E-state index contributed by atoms with van der Waals surface area (Å²) < 4.78 is 33.9. The van der Waals surface area contributed by atoms with Crippen molar-refractivity contribution in [2.45, 2.75) is 17.9 Å². The van der Waals surface area contributed by atoms with Crippen LogP contribution in [0.3, 0.4) is 0 Å². The SMILES string of the molecule is O=C(Nc1ccc(Oc2ccncc2)cc1)c1sccc1S(=O)(=O)N1CCc2ccccc2C1. The van der Waals surface area contributed by atoms with Crippen LogP contribution in [-0.2, 0) is 23.0 Å². The Labute approximate surface area is 201 Å². The highest BCUT2D eigenvalue weighted by molar-refractivity contribution is 7.89. The van der Waals surface area contributed by atoms with Crippen molar-refractivity contribution in [2.24, 2.45) is 0 Å². The van der Waals surface area contributed by atoms with E-state index in [9.17, 15) is 13.2 Å². The molecule has 0 radical (unpaired) electrons. The minimum absolute atomic E-state index is 0.0343. The summed E-state index contributed by atoms with van der Waals surface area (Å²) in [6.45, 7) is 0.684. The molecule has 1 aliphatic rings. The Morgan fingerprint density at radius 1 is 0.941 bits per heavy atom. The van der Waals surface area contributed by atoms with E-state index < -0.39 is 15.9 Å². The van der Waals surface area contributed by atoms with E-state index in [-0.39, 0.29) is 9.77 Å². The summed E-state index contributed by atoms with van der Waals surface area (Å²) in [5, 5.41) is 4.42. The molecule has 0 bridgehead atoms. The van der Waals surface area contributed by atoms with Gasteiger partial charge in [0.2, 0.25) is 10.0 Å². The number of nitrogens with zero attached hydrogens (tertiary/aromatic N) is 2. The molecule has 0 saturated carbocycles. The number of hydrogen-bond acceptors (Lipinski definition) is 6. The summed E-state index contributed by atoms with van der Waals surface area (Å²) in [5.74, 6) is 0.795. The highest BCUT2D eigenvalue weighted by Gasteiger charge is 2.32. The van der Waals surface area contributed by atoms with Gasteiger partial charge < -0.3 is 10.1 Å². The van der Waals surface area contributed by atoms with Crippen molar-refractivity contribution in [1.29, 1.82) is 0 Å². The summed E-state index contributed by atoms with van der Waals surface area (Å²) in [6, 6.07) is 19.7. The van der Waals surface area contributed by atoms with Crippen molar-refractivity contribution < 1.29 is 17.9 Å². The molecule has 2 aromatic carbocycles. The molecule has 7 nitrogen and oxygen atoms in total. The number of ether oxygens (including phenoxy) is 1. The van der Waals surface area contributed by atoms with E-state index in [2.05, 4.69) is 10.3 Å². The second-order valence-electron chi connectivity index (χ2n) is 7.73. The molecule has 0 saturated heterocycles. The highest BCUT2D eigenvalue weighted by Crippen LogP contribution is 2.30. The first kappa shape index (κ1) is 22.3. The van der Waals surface area contributed by atoms with Gasteiger partial charge in [-0.05, 0) is 65.4 Å². The summed E-state index contributed by atoms with van der Waals surface area (Å²) in [4.78, 5) is 17.1. The molecule has 1 amide bonds. The van der Waals surface area contributed by atoms with E-state index in [4.69, 9.17) is 4.74 Å². The van der Waals surface area contributed by atoms with Crippen LogP contribution in [0.5, 0.6) is 11.5 Å². The maximum atomic E-state index is 13.4. The van der Waals surface area contributed by atoms with Gasteiger partial charge in [0.1, 0.15) is 21.3 Å². The molecule has 9 heteroatoms. The highest BCUT2D eigenvalue weighted by atomic mass is 32.2. The summed E-state index contributed by atoms with van der Waals surface area (Å²) >= 11 is 1.11. The third-order valence-electron chi connectivity index (χ3n) is 5.55. The topological polar surface area (TPSA) is 88.6 Å². The van der Waals surface area contributed by atoms with Crippen LogP contribution in [-0.4, -0.2) is 30.2 Å². The number of carbonyl (C=O) groups is 1. The molecule has 172 valence electrons. The fourth-order valence-corrected chi connectivity index (χ4v) is 6.53. The molecule has 5 rings (SSSR count). The standard InChI is InChI=1S/C25H21N3O4S2/c29-25(27-20-5-7-21(8-6-20)32-22-9-13-26-14-10-22)24-23(12-16-33-24)34(30,31)28-15-11-18-3-1-2-4-19(18)17-28/h1-10,12-14,16H,11,15,17H2,(H,27,29). The van der Waals surface area contributed by atoms with Crippen molar-refractivity contribution in [1.82, 2.24) is 9.29 Å². The van der Waals surface area contributed by atoms with Crippen LogP contribution in [0.2, 0.25) is 0 Å². The van der Waals surface area contributed by atoms with Gasteiger partial charge in [-0.15, -0.1) is 11.3 Å². The van der Waals surface area contributed by atoms with Crippen LogP contribution in [0.4, 0.5) is 5.69 Å².